The lowest BCUT2D eigenvalue weighted by molar-refractivity contribution is 0.276. The van der Waals surface area contributed by atoms with Crippen LogP contribution in [0.3, 0.4) is 0 Å². The number of hydrogen-bond donors (Lipinski definition) is 2. The quantitative estimate of drug-likeness (QED) is 0.817. The van der Waals surface area contributed by atoms with Crippen LogP contribution >= 0.6 is 11.8 Å². The van der Waals surface area contributed by atoms with Crippen molar-refractivity contribution in [3.63, 3.8) is 0 Å². The van der Waals surface area contributed by atoms with Gasteiger partial charge in [0, 0.05) is 4.90 Å². The van der Waals surface area contributed by atoms with Crippen LogP contribution in [0.25, 0.3) is 0 Å². The maximum absolute atomic E-state index is 13.6. The van der Waals surface area contributed by atoms with Crippen LogP contribution in [0.2, 0.25) is 0 Å². The summed E-state index contributed by atoms with van der Waals surface area (Å²) < 4.78 is 13.6. The Bertz CT molecular complexity index is 530. The van der Waals surface area contributed by atoms with Gasteiger partial charge in [0.2, 0.25) is 0 Å². The largest absolute Gasteiger partial charge is 0.394 e. The molecule has 2 N–H and O–H groups in total. The van der Waals surface area contributed by atoms with Crippen LogP contribution in [0, 0.1) is 5.82 Å². The Morgan fingerprint density at radius 3 is 2.42 bits per heavy atom. The number of para-hydroxylation sites is 1. The molecule has 0 aliphatic heterocycles. The lowest BCUT2D eigenvalue weighted by atomic mass is 10.1. The van der Waals surface area contributed by atoms with Gasteiger partial charge in [0.15, 0.2) is 0 Å². The summed E-state index contributed by atoms with van der Waals surface area (Å²) in [5.41, 5.74) is 1.33. The van der Waals surface area contributed by atoms with E-state index in [9.17, 15) is 9.50 Å². The minimum absolute atomic E-state index is 0.0903. The number of aliphatic hydroxyl groups excluding tert-OH is 1. The highest BCUT2D eigenvalue weighted by Gasteiger charge is 2.12. The number of nitrogens with one attached hydrogen (secondary N) is 1. The van der Waals surface area contributed by atoms with Crippen LogP contribution in [0.4, 0.5) is 10.1 Å². The standard InChI is InChI=1S/C15H16FNOS/c1-19-12-8-6-11(7-9-12)15(10-18)17-14-5-3-2-4-13(14)16/h2-9,15,17-18H,10H2,1H3. The first kappa shape index (κ1) is 13.9. The van der Waals surface area contributed by atoms with Gasteiger partial charge in [-0.3, -0.25) is 0 Å². The average molecular weight is 277 g/mol. The molecular formula is C15H16FNOS. The van der Waals surface area contributed by atoms with E-state index in [-0.39, 0.29) is 18.5 Å². The van der Waals surface area contributed by atoms with E-state index in [0.29, 0.717) is 5.69 Å². The summed E-state index contributed by atoms with van der Waals surface area (Å²) >= 11 is 1.66. The van der Waals surface area contributed by atoms with Crippen LogP contribution in [0.15, 0.2) is 53.4 Å². The minimum atomic E-state index is -0.318. The molecule has 0 aromatic heterocycles. The number of thioether (sulfide) groups is 1. The minimum Gasteiger partial charge on any atom is -0.394 e. The molecule has 0 amide bonds. The van der Waals surface area contributed by atoms with Crippen LogP contribution in [-0.2, 0) is 0 Å². The molecule has 0 saturated heterocycles. The highest BCUT2D eigenvalue weighted by atomic mass is 32.2. The molecule has 0 bridgehead atoms. The van der Waals surface area contributed by atoms with Gasteiger partial charge in [-0.25, -0.2) is 4.39 Å². The van der Waals surface area contributed by atoms with Crippen LogP contribution in [-0.4, -0.2) is 18.0 Å². The molecule has 0 heterocycles. The topological polar surface area (TPSA) is 32.3 Å². The SMILES string of the molecule is CSc1ccc(C(CO)Nc2ccccc2F)cc1. The second-order valence-electron chi connectivity index (χ2n) is 4.13. The first-order chi connectivity index (χ1) is 9.24. The molecule has 0 saturated carbocycles. The van der Waals surface area contributed by atoms with Gasteiger partial charge in [-0.05, 0) is 36.1 Å². The molecule has 2 rings (SSSR count). The van der Waals surface area contributed by atoms with Crippen molar-refractivity contribution >= 4 is 17.4 Å². The molecule has 2 aromatic carbocycles. The van der Waals surface area contributed by atoms with E-state index in [4.69, 9.17) is 0 Å². The highest BCUT2D eigenvalue weighted by Crippen LogP contribution is 2.23. The molecule has 4 heteroatoms. The monoisotopic (exact) mass is 277 g/mol. The van der Waals surface area contributed by atoms with E-state index in [2.05, 4.69) is 5.32 Å². The normalized spacial score (nSPS) is 12.2. The fourth-order valence-corrected chi connectivity index (χ4v) is 2.24. The van der Waals surface area contributed by atoms with Gasteiger partial charge in [-0.2, -0.15) is 0 Å². The van der Waals surface area contributed by atoms with E-state index in [1.54, 1.807) is 30.0 Å². The van der Waals surface area contributed by atoms with Crippen molar-refractivity contribution in [1.29, 1.82) is 0 Å². The number of anilines is 1. The first-order valence-electron chi connectivity index (χ1n) is 6.00. The zero-order valence-corrected chi connectivity index (χ0v) is 11.5. The van der Waals surface area contributed by atoms with E-state index < -0.39 is 0 Å². The van der Waals surface area contributed by atoms with Gasteiger partial charge in [0.25, 0.3) is 0 Å². The highest BCUT2D eigenvalue weighted by molar-refractivity contribution is 7.98. The number of rotatable bonds is 5. The lowest BCUT2D eigenvalue weighted by Crippen LogP contribution is -2.15. The zero-order valence-electron chi connectivity index (χ0n) is 10.6. The van der Waals surface area contributed by atoms with E-state index >= 15 is 0 Å². The molecule has 19 heavy (non-hydrogen) atoms. The average Bonchev–Trinajstić information content (AvgIpc) is 2.47. The molecule has 2 nitrogen and oxygen atoms in total. The van der Waals surface area contributed by atoms with Crippen molar-refractivity contribution in [2.24, 2.45) is 0 Å². The second-order valence-corrected chi connectivity index (χ2v) is 5.01. The number of hydrogen-bond acceptors (Lipinski definition) is 3. The first-order valence-corrected chi connectivity index (χ1v) is 7.23. The van der Waals surface area contributed by atoms with Crippen molar-refractivity contribution in [1.82, 2.24) is 0 Å². The third-order valence-electron chi connectivity index (χ3n) is 2.90. The molecule has 0 fully saturated rings. The summed E-state index contributed by atoms with van der Waals surface area (Å²) in [5.74, 6) is -0.318. The third kappa shape index (κ3) is 3.49. The summed E-state index contributed by atoms with van der Waals surface area (Å²) in [7, 11) is 0. The van der Waals surface area contributed by atoms with Crippen molar-refractivity contribution in [2.75, 3.05) is 18.2 Å². The second kappa shape index (κ2) is 6.59. The van der Waals surface area contributed by atoms with Gasteiger partial charge >= 0.3 is 0 Å². The lowest BCUT2D eigenvalue weighted by Gasteiger charge is -2.18. The third-order valence-corrected chi connectivity index (χ3v) is 3.65. The Morgan fingerprint density at radius 2 is 1.84 bits per heavy atom. The van der Waals surface area contributed by atoms with E-state index in [1.165, 1.54) is 6.07 Å². The Hall–Kier alpha value is -1.52. The zero-order chi connectivity index (χ0) is 13.7. The fourth-order valence-electron chi connectivity index (χ4n) is 1.84. The maximum atomic E-state index is 13.6. The summed E-state index contributed by atoms with van der Waals surface area (Å²) in [4.78, 5) is 1.16. The molecule has 0 aliphatic rings. The molecule has 100 valence electrons. The Labute approximate surface area is 116 Å². The van der Waals surface area contributed by atoms with Crippen molar-refractivity contribution in [3.05, 3.63) is 59.9 Å². The van der Waals surface area contributed by atoms with Gasteiger partial charge in [-0.1, -0.05) is 24.3 Å². The molecular weight excluding hydrogens is 261 g/mol. The smallest absolute Gasteiger partial charge is 0.146 e. The number of aliphatic hydroxyl groups is 1. The van der Waals surface area contributed by atoms with Gasteiger partial charge in [0.05, 0.1) is 18.3 Å². The van der Waals surface area contributed by atoms with Crippen LogP contribution < -0.4 is 5.32 Å². The Kier molecular flexibility index (Phi) is 4.82. The van der Waals surface area contributed by atoms with Gasteiger partial charge in [0.1, 0.15) is 5.82 Å². The Morgan fingerprint density at radius 1 is 1.16 bits per heavy atom. The fraction of sp³-hybridized carbons (Fsp3) is 0.200. The molecule has 0 radical (unpaired) electrons. The van der Waals surface area contributed by atoms with Crippen molar-refractivity contribution in [3.8, 4) is 0 Å². The summed E-state index contributed by atoms with van der Waals surface area (Å²) in [6.45, 7) is -0.0903. The van der Waals surface area contributed by atoms with Gasteiger partial charge < -0.3 is 10.4 Å². The van der Waals surface area contributed by atoms with E-state index in [1.807, 2.05) is 30.5 Å². The van der Waals surface area contributed by atoms with Crippen molar-refractivity contribution in [2.45, 2.75) is 10.9 Å². The molecule has 0 spiro atoms. The molecule has 2 aromatic rings. The molecule has 1 unspecified atom stereocenters. The predicted octanol–water partition coefficient (Wildman–Crippen LogP) is 3.69. The summed E-state index contributed by atoms with van der Waals surface area (Å²) in [6.07, 6.45) is 2.01. The number of benzene rings is 2. The summed E-state index contributed by atoms with van der Waals surface area (Å²) in [5, 5.41) is 12.5. The van der Waals surface area contributed by atoms with Crippen molar-refractivity contribution < 1.29 is 9.50 Å². The summed E-state index contributed by atoms with van der Waals surface area (Å²) in [6, 6.07) is 14.0. The van der Waals surface area contributed by atoms with Crippen LogP contribution in [0.5, 0.6) is 0 Å². The maximum Gasteiger partial charge on any atom is 0.146 e. The molecule has 1 atom stereocenters. The number of halogens is 1. The van der Waals surface area contributed by atoms with E-state index in [0.717, 1.165) is 10.5 Å². The Balaban J connectivity index is 2.17. The predicted molar refractivity (Wildman–Crippen MR) is 78.1 cm³/mol. The van der Waals surface area contributed by atoms with Gasteiger partial charge in [-0.15, -0.1) is 11.8 Å². The van der Waals surface area contributed by atoms with Crippen LogP contribution in [0.1, 0.15) is 11.6 Å². The molecule has 0 aliphatic carbocycles.